The third-order valence-electron chi connectivity index (χ3n) is 4.84. The lowest BCUT2D eigenvalue weighted by molar-refractivity contribution is -0.121. The van der Waals surface area contributed by atoms with E-state index in [9.17, 15) is 13.6 Å². The Morgan fingerprint density at radius 2 is 1.79 bits per heavy atom. The van der Waals surface area contributed by atoms with Crippen molar-refractivity contribution in [2.75, 3.05) is 20.1 Å². The number of benzene rings is 2. The van der Waals surface area contributed by atoms with Crippen LogP contribution in [-0.4, -0.2) is 32.0 Å². The number of carbonyl (C=O) groups is 1. The van der Waals surface area contributed by atoms with Crippen LogP contribution >= 0.6 is 0 Å². The summed E-state index contributed by atoms with van der Waals surface area (Å²) in [5.74, 6) is -1.01. The summed E-state index contributed by atoms with van der Waals surface area (Å²) in [4.78, 5) is 16.0. The predicted octanol–water partition coefficient (Wildman–Crippen LogP) is 2.75. The topological polar surface area (TPSA) is 79.5 Å². The molecule has 1 atom stereocenters. The van der Waals surface area contributed by atoms with Gasteiger partial charge in [-0.25, -0.2) is 8.78 Å². The fourth-order valence-electron chi connectivity index (χ4n) is 2.94. The molecule has 1 unspecified atom stereocenters. The van der Waals surface area contributed by atoms with Gasteiger partial charge in [0, 0.05) is 25.6 Å². The van der Waals surface area contributed by atoms with Crippen LogP contribution in [-0.2, 0) is 16.6 Å². The van der Waals surface area contributed by atoms with Crippen molar-refractivity contribution in [1.29, 1.82) is 0 Å². The molecule has 0 aliphatic rings. The highest BCUT2D eigenvalue weighted by molar-refractivity contribution is 5.81. The minimum atomic E-state index is -0.477. The SMILES string of the molecule is CN=C(NCC(Cc1ccc(F)cc1)C(N)=O)NCC(C)(C)c1cccc(F)c1. The molecule has 156 valence electrons. The van der Waals surface area contributed by atoms with E-state index in [2.05, 4.69) is 15.6 Å². The molecule has 0 heterocycles. The number of halogens is 2. The van der Waals surface area contributed by atoms with Crippen molar-refractivity contribution < 1.29 is 13.6 Å². The van der Waals surface area contributed by atoms with Gasteiger partial charge in [0.05, 0.1) is 5.92 Å². The molecule has 0 saturated carbocycles. The summed E-state index contributed by atoms with van der Waals surface area (Å²) < 4.78 is 26.6. The molecule has 0 bridgehead atoms. The van der Waals surface area contributed by atoms with Gasteiger partial charge in [-0.05, 0) is 41.8 Å². The molecule has 5 nitrogen and oxygen atoms in total. The van der Waals surface area contributed by atoms with Crippen LogP contribution in [0.1, 0.15) is 25.0 Å². The van der Waals surface area contributed by atoms with Gasteiger partial charge in [-0.2, -0.15) is 0 Å². The minimum absolute atomic E-state index is 0.275. The van der Waals surface area contributed by atoms with E-state index >= 15 is 0 Å². The molecular formula is C22H28F2N4O. The summed E-state index contributed by atoms with van der Waals surface area (Å²) in [7, 11) is 1.63. The Hall–Kier alpha value is -2.96. The standard InChI is InChI=1S/C22H28F2N4O/c1-22(2,17-5-4-6-19(24)12-17)14-28-21(26-3)27-13-16(20(25)29)11-15-7-9-18(23)10-8-15/h4-10,12,16H,11,13-14H2,1-3H3,(H2,25,29)(H2,26,27,28). The average Bonchev–Trinajstić information content (AvgIpc) is 2.68. The number of hydrogen-bond acceptors (Lipinski definition) is 2. The lowest BCUT2D eigenvalue weighted by Crippen LogP contribution is -2.46. The molecule has 7 heteroatoms. The number of rotatable bonds is 8. The number of nitrogens with one attached hydrogen (secondary N) is 2. The summed E-state index contributed by atoms with van der Waals surface area (Å²) in [6.07, 6.45) is 0.397. The molecule has 0 fully saturated rings. The normalized spacial score (nSPS) is 13.1. The fraction of sp³-hybridized carbons (Fsp3) is 0.364. The number of amides is 1. The molecule has 0 aromatic heterocycles. The molecule has 4 N–H and O–H groups in total. The summed E-state index contributed by atoms with van der Waals surface area (Å²) in [5, 5.41) is 6.32. The smallest absolute Gasteiger partial charge is 0.222 e. The first-order valence-corrected chi connectivity index (χ1v) is 9.45. The third-order valence-corrected chi connectivity index (χ3v) is 4.84. The molecule has 2 aromatic rings. The molecule has 0 aliphatic heterocycles. The van der Waals surface area contributed by atoms with Crippen molar-refractivity contribution in [2.24, 2.45) is 16.6 Å². The third kappa shape index (κ3) is 6.85. The molecule has 1 amide bonds. The van der Waals surface area contributed by atoms with Crippen LogP contribution in [0.2, 0.25) is 0 Å². The van der Waals surface area contributed by atoms with Crippen molar-refractivity contribution in [3.63, 3.8) is 0 Å². The van der Waals surface area contributed by atoms with Crippen molar-refractivity contribution in [3.05, 3.63) is 71.3 Å². The average molecular weight is 402 g/mol. The van der Waals surface area contributed by atoms with E-state index < -0.39 is 11.8 Å². The van der Waals surface area contributed by atoms with Crippen LogP contribution < -0.4 is 16.4 Å². The highest BCUT2D eigenvalue weighted by Crippen LogP contribution is 2.22. The maximum atomic E-state index is 13.5. The van der Waals surface area contributed by atoms with Gasteiger partial charge in [0.2, 0.25) is 5.91 Å². The number of hydrogen-bond donors (Lipinski definition) is 3. The van der Waals surface area contributed by atoms with E-state index in [1.807, 2.05) is 19.9 Å². The van der Waals surface area contributed by atoms with Crippen LogP contribution in [0, 0.1) is 17.6 Å². The molecule has 0 saturated heterocycles. The zero-order valence-corrected chi connectivity index (χ0v) is 17.0. The van der Waals surface area contributed by atoms with Crippen LogP contribution in [0.3, 0.4) is 0 Å². The van der Waals surface area contributed by atoms with Gasteiger partial charge in [0.25, 0.3) is 0 Å². The van der Waals surface area contributed by atoms with Gasteiger partial charge in [0.15, 0.2) is 5.96 Å². The molecular weight excluding hydrogens is 374 g/mol. The van der Waals surface area contributed by atoms with E-state index in [-0.39, 0.29) is 23.6 Å². The zero-order valence-electron chi connectivity index (χ0n) is 17.0. The van der Waals surface area contributed by atoms with Gasteiger partial charge in [-0.1, -0.05) is 38.1 Å². The number of aliphatic imine (C=N–C) groups is 1. The molecule has 0 spiro atoms. The first kappa shape index (κ1) is 22.3. The minimum Gasteiger partial charge on any atom is -0.369 e. The monoisotopic (exact) mass is 402 g/mol. The molecule has 2 rings (SSSR count). The van der Waals surface area contributed by atoms with Gasteiger partial charge >= 0.3 is 0 Å². The number of carbonyl (C=O) groups excluding carboxylic acids is 1. The molecule has 0 radical (unpaired) electrons. The summed E-state index contributed by atoms with van der Waals surface area (Å²) in [6.45, 7) is 4.80. The van der Waals surface area contributed by atoms with E-state index in [0.717, 1.165) is 11.1 Å². The van der Waals surface area contributed by atoms with Crippen LogP contribution in [0.4, 0.5) is 8.78 Å². The zero-order chi connectivity index (χ0) is 21.4. The predicted molar refractivity (Wildman–Crippen MR) is 112 cm³/mol. The second kappa shape index (κ2) is 10.0. The number of nitrogens with two attached hydrogens (primary N) is 1. The van der Waals surface area contributed by atoms with Gasteiger partial charge in [0.1, 0.15) is 11.6 Å². The van der Waals surface area contributed by atoms with E-state index in [1.54, 1.807) is 25.2 Å². The number of nitrogens with zero attached hydrogens (tertiary/aromatic N) is 1. The summed E-state index contributed by atoms with van der Waals surface area (Å²) in [6, 6.07) is 12.5. The second-order valence-electron chi connectivity index (χ2n) is 7.63. The highest BCUT2D eigenvalue weighted by atomic mass is 19.1. The van der Waals surface area contributed by atoms with Gasteiger partial charge < -0.3 is 16.4 Å². The van der Waals surface area contributed by atoms with E-state index in [4.69, 9.17) is 5.73 Å². The van der Waals surface area contributed by atoms with Crippen LogP contribution in [0.15, 0.2) is 53.5 Å². The number of guanidine groups is 1. The Kier molecular flexibility index (Phi) is 7.70. The molecule has 0 aliphatic carbocycles. The Labute approximate surface area is 170 Å². The lowest BCUT2D eigenvalue weighted by atomic mass is 9.84. The Balaban J connectivity index is 1.94. The maximum Gasteiger partial charge on any atom is 0.222 e. The van der Waals surface area contributed by atoms with E-state index in [1.165, 1.54) is 24.3 Å². The second-order valence-corrected chi connectivity index (χ2v) is 7.63. The first-order chi connectivity index (χ1) is 13.7. The van der Waals surface area contributed by atoms with Gasteiger partial charge in [-0.15, -0.1) is 0 Å². The lowest BCUT2D eigenvalue weighted by Gasteiger charge is -2.27. The fourth-order valence-corrected chi connectivity index (χ4v) is 2.94. The Morgan fingerprint density at radius 3 is 2.38 bits per heavy atom. The van der Waals surface area contributed by atoms with Gasteiger partial charge in [-0.3, -0.25) is 9.79 Å². The summed E-state index contributed by atoms with van der Waals surface area (Å²) >= 11 is 0. The van der Waals surface area contributed by atoms with E-state index in [0.29, 0.717) is 18.9 Å². The van der Waals surface area contributed by atoms with Crippen molar-refractivity contribution >= 4 is 11.9 Å². The molecule has 2 aromatic carbocycles. The van der Waals surface area contributed by atoms with Crippen molar-refractivity contribution in [2.45, 2.75) is 25.7 Å². The van der Waals surface area contributed by atoms with Crippen molar-refractivity contribution in [3.8, 4) is 0 Å². The highest BCUT2D eigenvalue weighted by Gasteiger charge is 2.22. The summed E-state index contributed by atoms with van der Waals surface area (Å²) in [5.41, 5.74) is 6.88. The Bertz CT molecular complexity index is 850. The number of primary amides is 1. The first-order valence-electron chi connectivity index (χ1n) is 9.45. The van der Waals surface area contributed by atoms with Crippen molar-refractivity contribution in [1.82, 2.24) is 10.6 Å². The Morgan fingerprint density at radius 1 is 1.10 bits per heavy atom. The maximum absolute atomic E-state index is 13.5. The largest absolute Gasteiger partial charge is 0.369 e. The van der Waals surface area contributed by atoms with Crippen LogP contribution in [0.5, 0.6) is 0 Å². The molecule has 29 heavy (non-hydrogen) atoms. The van der Waals surface area contributed by atoms with Crippen LogP contribution in [0.25, 0.3) is 0 Å². The quantitative estimate of drug-likeness (QED) is 0.469.